The van der Waals surface area contributed by atoms with Crippen molar-refractivity contribution in [2.24, 2.45) is 17.6 Å². The molecule has 0 aliphatic heterocycles. The van der Waals surface area contributed by atoms with Crippen molar-refractivity contribution in [3.8, 4) is 5.75 Å². The van der Waals surface area contributed by atoms with Gasteiger partial charge < -0.3 is 37.0 Å². The Morgan fingerprint density at radius 3 is 1.81 bits per heavy atom. The van der Waals surface area contributed by atoms with Gasteiger partial charge in [-0.3, -0.25) is 19.2 Å². The van der Waals surface area contributed by atoms with Gasteiger partial charge in [0.1, 0.15) is 23.9 Å². The first-order valence-corrected chi connectivity index (χ1v) is 12.2. The molecule has 12 heteroatoms. The number of aromatic hydroxyl groups is 1. The first-order valence-electron chi connectivity index (χ1n) is 12.2. The van der Waals surface area contributed by atoms with Gasteiger partial charge in [0, 0.05) is 6.42 Å². The minimum atomic E-state index is -1.53. The Bertz CT molecular complexity index is 953. The fraction of sp³-hybridized carbons (Fsp3) is 0.560. The standard InChI is InChI=1S/C25H38N4O8/c1-5-13(3)20(26)24(35)28-18(12-19(31)32)22(33)27-17(11-15-7-9-16(30)10-8-15)23(34)29-21(25(36)37)14(4)6-2/h7-10,13-14,17-18,20-21,30H,5-6,11-12,26H2,1-4H3,(H,27,33)(H,28,35)(H,29,34)(H,31,32)(H,36,37). The van der Waals surface area contributed by atoms with Crippen molar-refractivity contribution >= 4 is 29.7 Å². The van der Waals surface area contributed by atoms with E-state index in [-0.39, 0.29) is 18.1 Å². The van der Waals surface area contributed by atoms with Gasteiger partial charge in [-0.05, 0) is 29.5 Å². The molecule has 0 aromatic heterocycles. The fourth-order valence-electron chi connectivity index (χ4n) is 3.45. The quantitative estimate of drug-likeness (QED) is 0.169. The topological polar surface area (TPSA) is 208 Å². The van der Waals surface area contributed by atoms with Crippen LogP contribution in [-0.2, 0) is 30.4 Å². The van der Waals surface area contributed by atoms with Gasteiger partial charge in [0.25, 0.3) is 0 Å². The number of carbonyl (C=O) groups is 5. The number of hydrogen-bond acceptors (Lipinski definition) is 7. The molecular weight excluding hydrogens is 484 g/mol. The minimum absolute atomic E-state index is 0.0154. The first kappa shape index (κ1) is 31.4. The highest BCUT2D eigenvalue weighted by Crippen LogP contribution is 2.13. The number of benzene rings is 1. The van der Waals surface area contributed by atoms with Crippen LogP contribution in [0, 0.1) is 11.8 Å². The van der Waals surface area contributed by atoms with Crippen LogP contribution in [0.3, 0.4) is 0 Å². The lowest BCUT2D eigenvalue weighted by Gasteiger charge is -2.27. The van der Waals surface area contributed by atoms with E-state index in [1.807, 2.05) is 6.92 Å². The molecular formula is C25H38N4O8. The number of carboxylic acids is 2. The van der Waals surface area contributed by atoms with E-state index < -0.39 is 66.2 Å². The maximum atomic E-state index is 13.1. The number of amides is 3. The highest BCUT2D eigenvalue weighted by atomic mass is 16.4. The number of carbonyl (C=O) groups excluding carboxylic acids is 3. The second kappa shape index (κ2) is 14.8. The van der Waals surface area contributed by atoms with Crippen molar-refractivity contribution in [1.82, 2.24) is 16.0 Å². The summed E-state index contributed by atoms with van der Waals surface area (Å²) < 4.78 is 0. The summed E-state index contributed by atoms with van der Waals surface area (Å²) in [6.45, 7) is 7.00. The summed E-state index contributed by atoms with van der Waals surface area (Å²) in [5.41, 5.74) is 6.44. The molecule has 3 amide bonds. The molecule has 1 aromatic carbocycles. The van der Waals surface area contributed by atoms with Gasteiger partial charge >= 0.3 is 11.9 Å². The summed E-state index contributed by atoms with van der Waals surface area (Å²) in [6.07, 6.45) is 0.198. The molecule has 37 heavy (non-hydrogen) atoms. The third kappa shape index (κ3) is 10.1. The molecule has 0 spiro atoms. The fourth-order valence-corrected chi connectivity index (χ4v) is 3.45. The predicted octanol–water partition coefficient (Wildman–Crippen LogP) is 0.368. The Morgan fingerprint density at radius 1 is 0.811 bits per heavy atom. The number of nitrogens with two attached hydrogens (primary N) is 1. The highest BCUT2D eigenvalue weighted by Gasteiger charge is 2.33. The summed E-state index contributed by atoms with van der Waals surface area (Å²) in [5, 5.41) is 35.6. The molecule has 8 N–H and O–H groups in total. The van der Waals surface area contributed by atoms with Crippen molar-refractivity contribution in [2.75, 3.05) is 0 Å². The minimum Gasteiger partial charge on any atom is -0.508 e. The molecule has 1 aromatic rings. The van der Waals surface area contributed by atoms with Crippen molar-refractivity contribution in [2.45, 2.75) is 77.5 Å². The maximum absolute atomic E-state index is 13.1. The SMILES string of the molecule is CCC(C)C(N)C(=O)NC(CC(=O)O)C(=O)NC(Cc1ccc(O)cc1)C(=O)NC(C(=O)O)C(C)CC. The smallest absolute Gasteiger partial charge is 0.326 e. The lowest BCUT2D eigenvalue weighted by molar-refractivity contribution is -0.144. The van der Waals surface area contributed by atoms with E-state index in [0.717, 1.165) is 0 Å². The second-order valence-electron chi connectivity index (χ2n) is 9.21. The number of nitrogens with one attached hydrogen (secondary N) is 3. The molecule has 0 radical (unpaired) electrons. The number of carboxylic acid groups (broad SMARTS) is 2. The van der Waals surface area contributed by atoms with E-state index in [1.165, 1.54) is 24.3 Å². The number of phenolic OH excluding ortho intramolecular Hbond substituents is 1. The highest BCUT2D eigenvalue weighted by molar-refractivity contribution is 5.95. The van der Waals surface area contributed by atoms with Crippen LogP contribution in [-0.4, -0.2) is 69.1 Å². The number of phenols is 1. The second-order valence-corrected chi connectivity index (χ2v) is 9.21. The third-order valence-corrected chi connectivity index (χ3v) is 6.36. The van der Waals surface area contributed by atoms with Crippen molar-refractivity contribution in [3.05, 3.63) is 29.8 Å². The summed E-state index contributed by atoms with van der Waals surface area (Å²) >= 11 is 0. The van der Waals surface area contributed by atoms with Crippen LogP contribution < -0.4 is 21.7 Å². The van der Waals surface area contributed by atoms with E-state index in [4.69, 9.17) is 5.73 Å². The molecule has 0 heterocycles. The summed E-state index contributed by atoms with van der Waals surface area (Å²) in [7, 11) is 0. The molecule has 0 aliphatic carbocycles. The Morgan fingerprint density at radius 2 is 1.32 bits per heavy atom. The van der Waals surface area contributed by atoms with E-state index in [0.29, 0.717) is 18.4 Å². The van der Waals surface area contributed by atoms with E-state index in [2.05, 4.69) is 16.0 Å². The largest absolute Gasteiger partial charge is 0.508 e. The molecule has 206 valence electrons. The number of hydrogen-bond donors (Lipinski definition) is 7. The van der Waals surface area contributed by atoms with Gasteiger partial charge in [-0.15, -0.1) is 0 Å². The van der Waals surface area contributed by atoms with Crippen LogP contribution in [0.15, 0.2) is 24.3 Å². The van der Waals surface area contributed by atoms with Crippen LogP contribution in [0.1, 0.15) is 52.5 Å². The van der Waals surface area contributed by atoms with Crippen molar-refractivity contribution in [1.29, 1.82) is 0 Å². The lowest BCUT2D eigenvalue weighted by atomic mass is 9.97. The molecule has 0 fully saturated rings. The number of rotatable bonds is 15. The Balaban J connectivity index is 3.21. The molecule has 12 nitrogen and oxygen atoms in total. The first-order chi connectivity index (χ1) is 17.3. The summed E-state index contributed by atoms with van der Waals surface area (Å²) in [4.78, 5) is 61.9. The summed E-state index contributed by atoms with van der Waals surface area (Å²) in [6, 6.07) is 0.778. The zero-order valence-electron chi connectivity index (χ0n) is 21.6. The van der Waals surface area contributed by atoms with Gasteiger partial charge in [0.05, 0.1) is 12.5 Å². The molecule has 6 atom stereocenters. The zero-order valence-corrected chi connectivity index (χ0v) is 21.6. The average molecular weight is 523 g/mol. The number of aliphatic carboxylic acids is 2. The Kier molecular flexibility index (Phi) is 12.5. The van der Waals surface area contributed by atoms with E-state index in [9.17, 15) is 39.3 Å². The maximum Gasteiger partial charge on any atom is 0.326 e. The molecule has 1 rings (SSSR count). The molecule has 0 saturated carbocycles. The van der Waals surface area contributed by atoms with Crippen molar-refractivity contribution in [3.63, 3.8) is 0 Å². The third-order valence-electron chi connectivity index (χ3n) is 6.36. The average Bonchev–Trinajstić information content (AvgIpc) is 2.85. The van der Waals surface area contributed by atoms with Gasteiger partial charge in [-0.25, -0.2) is 4.79 Å². The van der Waals surface area contributed by atoms with Gasteiger partial charge in [0.2, 0.25) is 17.7 Å². The van der Waals surface area contributed by atoms with Gasteiger partial charge in [-0.1, -0.05) is 52.7 Å². The van der Waals surface area contributed by atoms with Gasteiger partial charge in [-0.2, -0.15) is 0 Å². The Labute approximate surface area is 216 Å². The summed E-state index contributed by atoms with van der Waals surface area (Å²) in [5.74, 6) is -5.71. The van der Waals surface area contributed by atoms with Crippen LogP contribution in [0.5, 0.6) is 5.75 Å². The zero-order chi connectivity index (χ0) is 28.3. The van der Waals surface area contributed by atoms with Crippen LogP contribution in [0.4, 0.5) is 0 Å². The lowest BCUT2D eigenvalue weighted by Crippen LogP contribution is -2.59. The van der Waals surface area contributed by atoms with E-state index >= 15 is 0 Å². The molecule has 0 saturated heterocycles. The predicted molar refractivity (Wildman–Crippen MR) is 134 cm³/mol. The van der Waals surface area contributed by atoms with Crippen molar-refractivity contribution < 1.29 is 39.3 Å². The molecule has 0 bridgehead atoms. The molecule has 6 unspecified atom stereocenters. The monoisotopic (exact) mass is 522 g/mol. The van der Waals surface area contributed by atoms with E-state index in [1.54, 1.807) is 20.8 Å². The van der Waals surface area contributed by atoms with Crippen LogP contribution in [0.2, 0.25) is 0 Å². The van der Waals surface area contributed by atoms with Crippen LogP contribution >= 0.6 is 0 Å². The Hall–Kier alpha value is -3.67. The molecule has 0 aliphatic rings. The van der Waals surface area contributed by atoms with Crippen LogP contribution in [0.25, 0.3) is 0 Å². The normalized spacial score (nSPS) is 15.8. The van der Waals surface area contributed by atoms with Gasteiger partial charge in [0.15, 0.2) is 0 Å².